The van der Waals surface area contributed by atoms with E-state index in [4.69, 9.17) is 33.8 Å². The van der Waals surface area contributed by atoms with Gasteiger partial charge in [0.2, 0.25) is 5.91 Å². The van der Waals surface area contributed by atoms with Crippen molar-refractivity contribution in [1.29, 1.82) is 0 Å². The molecule has 1 atom stereocenters. The molecule has 0 bridgehead atoms. The van der Waals surface area contributed by atoms with Gasteiger partial charge < -0.3 is 11.1 Å². The lowest BCUT2D eigenvalue weighted by atomic mass is 10.1. The molecular weight excluding hydrogens is 539 g/mol. The maximum atomic E-state index is 13.2. The van der Waals surface area contributed by atoms with E-state index in [9.17, 15) is 14.4 Å². The van der Waals surface area contributed by atoms with Crippen LogP contribution in [0.4, 0.5) is 5.69 Å². The predicted octanol–water partition coefficient (Wildman–Crippen LogP) is 3.43. The van der Waals surface area contributed by atoms with E-state index in [2.05, 4.69) is 36.8 Å². The van der Waals surface area contributed by atoms with Crippen LogP contribution in [0.25, 0.3) is 5.82 Å². The first-order valence-electron chi connectivity index (χ1n) is 9.31. The van der Waals surface area contributed by atoms with Gasteiger partial charge in [-0.25, -0.2) is 15.1 Å². The minimum absolute atomic E-state index is 0.00557. The summed E-state index contributed by atoms with van der Waals surface area (Å²) in [5.41, 5.74) is 8.04. The number of carbonyl (C=O) groups excluding carboxylic acids is 3. The number of carbonyl (C=O) groups is 3. The van der Waals surface area contributed by atoms with Crippen LogP contribution in [0, 0.1) is 6.92 Å². The lowest BCUT2D eigenvalue weighted by Gasteiger charge is -2.16. The number of benzene rings is 1. The molecule has 0 spiro atoms. The summed E-state index contributed by atoms with van der Waals surface area (Å²) in [5.74, 6) is -1.86. The molecule has 3 amide bonds. The maximum absolute atomic E-state index is 13.2. The van der Waals surface area contributed by atoms with Crippen LogP contribution in [0.1, 0.15) is 33.3 Å². The Morgan fingerprint density at radius 1 is 1.21 bits per heavy atom. The Balaban J connectivity index is 1.95. The molecule has 0 aliphatic heterocycles. The Morgan fingerprint density at radius 3 is 2.61 bits per heavy atom. The molecule has 0 radical (unpaired) electrons. The zero-order valence-electron chi connectivity index (χ0n) is 17.2. The number of nitrogens with zero attached hydrogens (tertiary/aromatic N) is 3. The van der Waals surface area contributed by atoms with Crippen molar-refractivity contribution < 1.29 is 19.2 Å². The molecule has 4 N–H and O–H groups in total. The number of hydroxylamine groups is 1. The zero-order chi connectivity index (χ0) is 24.3. The predicted molar refractivity (Wildman–Crippen MR) is 125 cm³/mol. The molecule has 33 heavy (non-hydrogen) atoms. The summed E-state index contributed by atoms with van der Waals surface area (Å²) in [5, 5.41) is 7.46. The summed E-state index contributed by atoms with van der Waals surface area (Å²) in [6.07, 6.45) is 0.444. The SMILES string of the molecule is Cc1cc(Cl)cc(C(=O)NOC(C)C(N)=O)c1NC(=O)c1cc(Br)nn1-c1ncccc1Cl. The van der Waals surface area contributed by atoms with Gasteiger partial charge in [0, 0.05) is 17.3 Å². The molecule has 3 aromatic rings. The third kappa shape index (κ3) is 5.69. The molecule has 0 saturated heterocycles. The number of pyridine rings is 1. The van der Waals surface area contributed by atoms with Crippen molar-refractivity contribution in [2.24, 2.45) is 5.73 Å². The number of nitrogens with one attached hydrogen (secondary N) is 2. The van der Waals surface area contributed by atoms with E-state index in [-0.39, 0.29) is 32.8 Å². The van der Waals surface area contributed by atoms with E-state index < -0.39 is 23.8 Å². The van der Waals surface area contributed by atoms with Crippen molar-refractivity contribution in [3.63, 3.8) is 0 Å². The van der Waals surface area contributed by atoms with Crippen LogP contribution in [0.3, 0.4) is 0 Å². The first-order chi connectivity index (χ1) is 15.6. The van der Waals surface area contributed by atoms with Crippen LogP contribution < -0.4 is 16.5 Å². The summed E-state index contributed by atoms with van der Waals surface area (Å²) < 4.78 is 1.64. The lowest BCUT2D eigenvalue weighted by molar-refractivity contribution is -0.131. The van der Waals surface area contributed by atoms with Crippen molar-refractivity contribution in [2.45, 2.75) is 20.0 Å². The van der Waals surface area contributed by atoms with Crippen LogP contribution >= 0.6 is 39.1 Å². The summed E-state index contributed by atoms with van der Waals surface area (Å²) in [4.78, 5) is 46.2. The second-order valence-corrected chi connectivity index (χ2v) is 8.42. The highest BCUT2D eigenvalue weighted by Gasteiger charge is 2.23. The van der Waals surface area contributed by atoms with Gasteiger partial charge in [-0.05, 0) is 59.6 Å². The molecule has 172 valence electrons. The first-order valence-corrected chi connectivity index (χ1v) is 10.9. The monoisotopic (exact) mass is 554 g/mol. The summed E-state index contributed by atoms with van der Waals surface area (Å²) in [6, 6.07) is 7.65. The topological polar surface area (TPSA) is 141 Å². The zero-order valence-corrected chi connectivity index (χ0v) is 20.3. The van der Waals surface area contributed by atoms with Crippen molar-refractivity contribution >= 4 is 62.5 Å². The van der Waals surface area contributed by atoms with Gasteiger partial charge in [-0.2, -0.15) is 5.10 Å². The van der Waals surface area contributed by atoms with Gasteiger partial charge >= 0.3 is 0 Å². The molecule has 0 aliphatic carbocycles. The number of hydrogen-bond acceptors (Lipinski definition) is 6. The third-order valence-electron chi connectivity index (χ3n) is 4.36. The van der Waals surface area contributed by atoms with Crippen LogP contribution in [-0.2, 0) is 9.63 Å². The highest BCUT2D eigenvalue weighted by atomic mass is 79.9. The van der Waals surface area contributed by atoms with Crippen molar-refractivity contribution in [3.05, 3.63) is 68.0 Å². The van der Waals surface area contributed by atoms with Gasteiger partial charge in [0.1, 0.15) is 10.3 Å². The van der Waals surface area contributed by atoms with E-state index in [0.717, 1.165) is 0 Å². The molecule has 1 aromatic carbocycles. The first kappa shape index (κ1) is 24.6. The van der Waals surface area contributed by atoms with Crippen LogP contribution in [0.2, 0.25) is 10.0 Å². The van der Waals surface area contributed by atoms with Crippen molar-refractivity contribution in [2.75, 3.05) is 5.32 Å². The van der Waals surface area contributed by atoms with E-state index >= 15 is 0 Å². The van der Waals surface area contributed by atoms with Crippen LogP contribution in [0.5, 0.6) is 0 Å². The average Bonchev–Trinajstić information content (AvgIpc) is 3.15. The Kier molecular flexibility index (Phi) is 7.69. The summed E-state index contributed by atoms with van der Waals surface area (Å²) in [7, 11) is 0. The number of hydrogen-bond donors (Lipinski definition) is 3. The Morgan fingerprint density at radius 2 is 1.94 bits per heavy atom. The van der Waals surface area contributed by atoms with Gasteiger partial charge in [0.05, 0.1) is 16.3 Å². The molecule has 2 heterocycles. The summed E-state index contributed by atoms with van der Waals surface area (Å²) >= 11 is 15.6. The van der Waals surface area contributed by atoms with E-state index in [1.54, 1.807) is 25.1 Å². The highest BCUT2D eigenvalue weighted by Crippen LogP contribution is 2.27. The highest BCUT2D eigenvalue weighted by molar-refractivity contribution is 9.10. The quantitative estimate of drug-likeness (QED) is 0.381. The van der Waals surface area contributed by atoms with Crippen LogP contribution in [0.15, 0.2) is 41.1 Å². The molecule has 0 fully saturated rings. The smallest absolute Gasteiger partial charge is 0.277 e. The molecule has 3 rings (SSSR count). The number of primary amides is 1. The fourth-order valence-corrected chi connectivity index (χ4v) is 3.58. The van der Waals surface area contributed by atoms with Gasteiger partial charge in [-0.15, -0.1) is 0 Å². The second-order valence-electron chi connectivity index (χ2n) is 6.77. The average molecular weight is 556 g/mol. The fraction of sp³-hybridized carbons (Fsp3) is 0.150. The molecule has 13 heteroatoms. The number of rotatable bonds is 7. The van der Waals surface area contributed by atoms with E-state index in [1.165, 1.54) is 29.9 Å². The summed E-state index contributed by atoms with van der Waals surface area (Å²) in [6.45, 7) is 3.03. The second kappa shape index (κ2) is 10.3. The number of anilines is 1. The van der Waals surface area contributed by atoms with E-state index in [0.29, 0.717) is 10.2 Å². The molecular formula is C20H17BrCl2N6O4. The molecule has 0 aliphatic rings. The van der Waals surface area contributed by atoms with Gasteiger partial charge in [0.25, 0.3) is 11.8 Å². The molecule has 10 nitrogen and oxygen atoms in total. The number of amides is 3. The van der Waals surface area contributed by atoms with Crippen LogP contribution in [-0.4, -0.2) is 38.6 Å². The van der Waals surface area contributed by atoms with Gasteiger partial charge in [-0.3, -0.25) is 19.2 Å². The molecule has 0 saturated carbocycles. The lowest BCUT2D eigenvalue weighted by Crippen LogP contribution is -2.36. The Hall–Kier alpha value is -2.99. The van der Waals surface area contributed by atoms with Crippen molar-refractivity contribution in [1.82, 2.24) is 20.2 Å². The number of nitrogens with two attached hydrogens (primary N) is 1. The minimum Gasteiger partial charge on any atom is -0.367 e. The van der Waals surface area contributed by atoms with Gasteiger partial charge in [-0.1, -0.05) is 23.2 Å². The Labute approximate surface area is 206 Å². The van der Waals surface area contributed by atoms with Gasteiger partial charge in [0.15, 0.2) is 11.9 Å². The molecule has 2 aromatic heterocycles. The fourth-order valence-electron chi connectivity index (χ4n) is 2.73. The Bertz CT molecular complexity index is 1250. The molecule has 1 unspecified atom stereocenters. The number of aryl methyl sites for hydroxylation is 1. The third-order valence-corrected chi connectivity index (χ3v) is 5.27. The van der Waals surface area contributed by atoms with Crippen molar-refractivity contribution in [3.8, 4) is 5.82 Å². The maximum Gasteiger partial charge on any atom is 0.277 e. The standard InChI is InChI=1S/C20H17BrCl2N6O4/c1-9-6-11(22)7-12(19(31)28-33-10(2)17(24)30)16(9)26-20(32)14-8-15(21)27-29(14)18-13(23)4-3-5-25-18/h3-8,10H,1-2H3,(H2,24,30)(H,26,32)(H,28,31). The normalized spacial score (nSPS) is 11.7. The number of halogens is 3. The largest absolute Gasteiger partial charge is 0.367 e. The number of aromatic nitrogens is 3. The van der Waals surface area contributed by atoms with E-state index in [1.807, 2.05) is 0 Å². The minimum atomic E-state index is -1.07.